The topological polar surface area (TPSA) is 112 Å². The molecule has 0 unspecified atom stereocenters. The number of primary amides is 1. The van der Waals surface area contributed by atoms with Gasteiger partial charge in [0.15, 0.2) is 5.78 Å². The van der Waals surface area contributed by atoms with Crippen LogP contribution < -0.4 is 17.2 Å². The summed E-state index contributed by atoms with van der Waals surface area (Å²) in [6, 6.07) is 0. The van der Waals surface area contributed by atoms with Crippen molar-refractivity contribution >= 4 is 11.7 Å². The highest BCUT2D eigenvalue weighted by atomic mass is 16.1. The minimum Gasteiger partial charge on any atom is -0.370 e. The summed E-state index contributed by atoms with van der Waals surface area (Å²) in [6.45, 7) is 1.21. The van der Waals surface area contributed by atoms with E-state index in [1.165, 1.54) is 6.92 Å². The Labute approximate surface area is 58.5 Å². The van der Waals surface area contributed by atoms with Crippen LogP contribution in [-0.4, -0.2) is 17.4 Å². The van der Waals surface area contributed by atoms with Crippen LogP contribution in [0.3, 0.4) is 0 Å². The third kappa shape index (κ3) is 2.56. The average Bonchev–Trinajstić information content (AvgIpc) is 1.60. The van der Waals surface area contributed by atoms with Gasteiger partial charge < -0.3 is 17.2 Å². The molecule has 0 radical (unpaired) electrons. The van der Waals surface area contributed by atoms with Crippen LogP contribution in [0, 0.1) is 0 Å². The van der Waals surface area contributed by atoms with Gasteiger partial charge in [0, 0.05) is 0 Å². The standard InChI is InChI=1S/C5H11N3O2/c1-3(9)5(7,8)2-4(6)10/h2,7-8H2,1H3,(H2,6,10). The summed E-state index contributed by atoms with van der Waals surface area (Å²) in [5, 5.41) is 0. The lowest BCUT2D eigenvalue weighted by atomic mass is 10.0. The fourth-order valence-electron chi connectivity index (χ4n) is 0.413. The van der Waals surface area contributed by atoms with Gasteiger partial charge in [-0.1, -0.05) is 0 Å². The molecule has 0 saturated heterocycles. The smallest absolute Gasteiger partial charge is 0.221 e. The van der Waals surface area contributed by atoms with E-state index in [-0.39, 0.29) is 6.42 Å². The van der Waals surface area contributed by atoms with Crippen molar-refractivity contribution in [2.24, 2.45) is 17.2 Å². The Morgan fingerprint density at radius 2 is 1.80 bits per heavy atom. The first kappa shape index (κ1) is 9.06. The van der Waals surface area contributed by atoms with E-state index < -0.39 is 17.4 Å². The van der Waals surface area contributed by atoms with E-state index >= 15 is 0 Å². The predicted octanol–water partition coefficient (Wildman–Crippen LogP) is -1.94. The zero-order valence-electron chi connectivity index (χ0n) is 5.76. The van der Waals surface area contributed by atoms with Gasteiger partial charge in [0.05, 0.1) is 6.42 Å². The molecule has 5 nitrogen and oxygen atoms in total. The number of rotatable bonds is 3. The summed E-state index contributed by atoms with van der Waals surface area (Å²) in [5.41, 5.74) is 13.5. The number of hydrogen-bond acceptors (Lipinski definition) is 4. The number of hydrogen-bond donors (Lipinski definition) is 3. The lowest BCUT2D eigenvalue weighted by Crippen LogP contribution is -2.57. The highest BCUT2D eigenvalue weighted by Gasteiger charge is 2.26. The maximum Gasteiger partial charge on any atom is 0.221 e. The van der Waals surface area contributed by atoms with Crippen LogP contribution in [0.15, 0.2) is 0 Å². The van der Waals surface area contributed by atoms with Gasteiger partial charge in [-0.25, -0.2) is 0 Å². The maximum absolute atomic E-state index is 10.5. The molecule has 0 atom stereocenters. The molecule has 10 heavy (non-hydrogen) atoms. The van der Waals surface area contributed by atoms with Crippen molar-refractivity contribution in [2.45, 2.75) is 19.0 Å². The van der Waals surface area contributed by atoms with Crippen LogP contribution >= 0.6 is 0 Å². The Balaban J connectivity index is 4.13. The fraction of sp³-hybridized carbons (Fsp3) is 0.600. The van der Waals surface area contributed by atoms with Crippen LogP contribution in [0.2, 0.25) is 0 Å². The van der Waals surface area contributed by atoms with Crippen molar-refractivity contribution in [3.05, 3.63) is 0 Å². The number of carbonyl (C=O) groups is 2. The van der Waals surface area contributed by atoms with Gasteiger partial charge >= 0.3 is 0 Å². The molecule has 0 aromatic carbocycles. The molecule has 6 N–H and O–H groups in total. The second kappa shape index (κ2) is 2.76. The van der Waals surface area contributed by atoms with E-state index in [1.54, 1.807) is 0 Å². The SMILES string of the molecule is CC(=O)C(N)(N)CC(N)=O. The first-order valence-corrected chi connectivity index (χ1v) is 2.73. The summed E-state index contributed by atoms with van der Waals surface area (Å²) < 4.78 is 0. The van der Waals surface area contributed by atoms with E-state index in [0.29, 0.717) is 0 Å². The zero-order valence-corrected chi connectivity index (χ0v) is 5.76. The normalized spacial score (nSPS) is 11.1. The number of nitrogens with two attached hydrogens (primary N) is 3. The van der Waals surface area contributed by atoms with Gasteiger partial charge in [-0.15, -0.1) is 0 Å². The Hall–Kier alpha value is -0.940. The van der Waals surface area contributed by atoms with E-state index in [9.17, 15) is 9.59 Å². The highest BCUT2D eigenvalue weighted by molar-refractivity contribution is 5.90. The first-order valence-electron chi connectivity index (χ1n) is 2.73. The van der Waals surface area contributed by atoms with Crippen molar-refractivity contribution in [2.75, 3.05) is 0 Å². The van der Waals surface area contributed by atoms with E-state index in [4.69, 9.17) is 17.2 Å². The average molecular weight is 145 g/mol. The molecule has 0 fully saturated rings. The second-order valence-corrected chi connectivity index (χ2v) is 2.24. The largest absolute Gasteiger partial charge is 0.370 e. The summed E-state index contributed by atoms with van der Waals surface area (Å²) >= 11 is 0. The van der Waals surface area contributed by atoms with Crippen molar-refractivity contribution in [1.29, 1.82) is 0 Å². The van der Waals surface area contributed by atoms with Gasteiger partial charge in [-0.2, -0.15) is 0 Å². The lowest BCUT2D eigenvalue weighted by molar-refractivity contribution is -0.127. The molecule has 0 aliphatic heterocycles. The fourth-order valence-corrected chi connectivity index (χ4v) is 0.413. The molecular weight excluding hydrogens is 134 g/mol. The molecule has 0 bridgehead atoms. The number of amides is 1. The van der Waals surface area contributed by atoms with Gasteiger partial charge in [-0.05, 0) is 6.92 Å². The van der Waals surface area contributed by atoms with Crippen molar-refractivity contribution in [3.8, 4) is 0 Å². The van der Waals surface area contributed by atoms with E-state index in [1.807, 2.05) is 0 Å². The van der Waals surface area contributed by atoms with Gasteiger partial charge in [0.1, 0.15) is 5.66 Å². The molecule has 5 heteroatoms. The Morgan fingerprint density at radius 3 is 1.90 bits per heavy atom. The van der Waals surface area contributed by atoms with E-state index in [0.717, 1.165) is 0 Å². The van der Waals surface area contributed by atoms with Crippen molar-refractivity contribution < 1.29 is 9.59 Å². The van der Waals surface area contributed by atoms with Crippen LogP contribution in [-0.2, 0) is 9.59 Å². The molecule has 0 rings (SSSR count). The minimum absolute atomic E-state index is 0.317. The monoisotopic (exact) mass is 145 g/mol. The van der Waals surface area contributed by atoms with Crippen LogP contribution in [0.25, 0.3) is 0 Å². The Bertz CT molecular complexity index is 164. The number of ketones is 1. The first-order chi connectivity index (χ1) is 4.36. The Kier molecular flexibility index (Phi) is 2.50. The molecule has 0 aliphatic rings. The summed E-state index contributed by atoms with van der Waals surface area (Å²) in [7, 11) is 0. The number of Topliss-reactive ketones (excluding diaryl/α,β-unsaturated/α-hetero) is 1. The summed E-state index contributed by atoms with van der Waals surface area (Å²) in [6.07, 6.45) is -0.317. The molecule has 0 aliphatic carbocycles. The molecule has 0 saturated carbocycles. The quantitative estimate of drug-likeness (QED) is 0.401. The molecule has 0 aromatic rings. The highest BCUT2D eigenvalue weighted by Crippen LogP contribution is 1.97. The summed E-state index contributed by atoms with van der Waals surface area (Å²) in [4.78, 5) is 20.8. The van der Waals surface area contributed by atoms with Gasteiger partial charge in [0.2, 0.25) is 5.91 Å². The zero-order chi connectivity index (χ0) is 8.36. The molecule has 0 aromatic heterocycles. The van der Waals surface area contributed by atoms with Gasteiger partial charge in [0.25, 0.3) is 0 Å². The third-order valence-electron chi connectivity index (χ3n) is 1.12. The minimum atomic E-state index is -1.59. The molecule has 0 spiro atoms. The molecular formula is C5H11N3O2. The van der Waals surface area contributed by atoms with E-state index in [2.05, 4.69) is 0 Å². The maximum atomic E-state index is 10.5. The molecule has 1 amide bonds. The predicted molar refractivity (Wildman–Crippen MR) is 35.6 cm³/mol. The molecule has 0 heterocycles. The second-order valence-electron chi connectivity index (χ2n) is 2.24. The van der Waals surface area contributed by atoms with Crippen LogP contribution in [0.4, 0.5) is 0 Å². The van der Waals surface area contributed by atoms with Gasteiger partial charge in [-0.3, -0.25) is 9.59 Å². The van der Waals surface area contributed by atoms with Crippen molar-refractivity contribution in [1.82, 2.24) is 0 Å². The lowest BCUT2D eigenvalue weighted by Gasteiger charge is -2.18. The van der Waals surface area contributed by atoms with Crippen LogP contribution in [0.1, 0.15) is 13.3 Å². The summed E-state index contributed by atoms with van der Waals surface area (Å²) in [5.74, 6) is -1.13. The number of carbonyl (C=O) groups excluding carboxylic acids is 2. The Morgan fingerprint density at radius 1 is 1.40 bits per heavy atom. The van der Waals surface area contributed by atoms with Crippen LogP contribution in [0.5, 0.6) is 0 Å². The third-order valence-corrected chi connectivity index (χ3v) is 1.12. The molecule has 58 valence electrons. The van der Waals surface area contributed by atoms with Crippen molar-refractivity contribution in [3.63, 3.8) is 0 Å².